The van der Waals surface area contributed by atoms with Gasteiger partial charge in [-0.15, -0.1) is 0 Å². The number of rotatable bonds is 3. The molecule has 1 aromatic heterocycles. The van der Waals surface area contributed by atoms with Crippen molar-refractivity contribution in [2.45, 2.75) is 25.8 Å². The highest BCUT2D eigenvalue weighted by molar-refractivity contribution is 5.76. The monoisotopic (exact) mass is 212 g/mol. The van der Waals surface area contributed by atoms with Crippen molar-refractivity contribution in [3.63, 3.8) is 0 Å². The average molecular weight is 212 g/mol. The van der Waals surface area contributed by atoms with E-state index < -0.39 is 22.8 Å². The minimum absolute atomic E-state index is 0.244. The highest BCUT2D eigenvalue weighted by Crippen LogP contribution is 2.17. The molecule has 0 aromatic carbocycles. The molecule has 0 bridgehead atoms. The first-order valence-electron chi connectivity index (χ1n) is 4.47. The van der Waals surface area contributed by atoms with Crippen molar-refractivity contribution in [1.29, 1.82) is 0 Å². The van der Waals surface area contributed by atoms with Crippen molar-refractivity contribution in [3.8, 4) is 0 Å². The topological polar surface area (TPSA) is 92.2 Å². The van der Waals surface area contributed by atoms with E-state index in [2.05, 4.69) is 0 Å². The molecule has 15 heavy (non-hydrogen) atoms. The Kier molecular flexibility index (Phi) is 2.78. The van der Waals surface area contributed by atoms with Crippen LogP contribution in [0.15, 0.2) is 21.9 Å². The van der Waals surface area contributed by atoms with E-state index in [1.807, 2.05) is 4.98 Å². The molecule has 6 heteroatoms. The summed E-state index contributed by atoms with van der Waals surface area (Å²) in [6, 6.07) is 1.12. The number of carbonyl (C=O) groups is 1. The van der Waals surface area contributed by atoms with Crippen molar-refractivity contribution in [2.75, 3.05) is 0 Å². The maximum Gasteiger partial charge on any atom is 0.329 e. The van der Waals surface area contributed by atoms with Crippen molar-refractivity contribution >= 4 is 5.97 Å². The first kappa shape index (κ1) is 11.2. The Labute approximate surface area is 85.2 Å². The lowest BCUT2D eigenvalue weighted by Gasteiger charge is -2.25. The first-order valence-corrected chi connectivity index (χ1v) is 4.47. The quantitative estimate of drug-likeness (QED) is 0.722. The molecule has 6 nitrogen and oxygen atoms in total. The number of H-pyrrole nitrogens is 1. The van der Waals surface area contributed by atoms with Crippen LogP contribution in [0.5, 0.6) is 0 Å². The highest BCUT2D eigenvalue weighted by Gasteiger charge is 2.33. The van der Waals surface area contributed by atoms with Gasteiger partial charge >= 0.3 is 11.7 Å². The molecule has 0 fully saturated rings. The second kappa shape index (κ2) is 3.72. The zero-order valence-corrected chi connectivity index (χ0v) is 8.48. The number of aliphatic carboxylic acids is 1. The van der Waals surface area contributed by atoms with E-state index in [1.54, 1.807) is 6.92 Å². The summed E-state index contributed by atoms with van der Waals surface area (Å²) in [5.74, 6) is -1.11. The Morgan fingerprint density at radius 3 is 2.60 bits per heavy atom. The van der Waals surface area contributed by atoms with Gasteiger partial charge in [0.05, 0.1) is 0 Å². The molecule has 1 unspecified atom stereocenters. The van der Waals surface area contributed by atoms with Crippen molar-refractivity contribution in [2.24, 2.45) is 0 Å². The average Bonchev–Trinajstić information content (AvgIpc) is 2.16. The SMILES string of the molecule is CCC(C)(C(=O)O)n1ccc(=O)[nH]c1=O. The third-order valence-electron chi connectivity index (χ3n) is 2.50. The van der Waals surface area contributed by atoms with Crippen LogP contribution in [0, 0.1) is 0 Å². The molecule has 1 aromatic rings. The summed E-state index contributed by atoms with van der Waals surface area (Å²) < 4.78 is 1.01. The van der Waals surface area contributed by atoms with Crippen LogP contribution in [0.2, 0.25) is 0 Å². The van der Waals surface area contributed by atoms with E-state index in [0.717, 1.165) is 10.6 Å². The summed E-state index contributed by atoms with van der Waals surface area (Å²) in [5.41, 5.74) is -2.59. The Hall–Kier alpha value is -1.85. The van der Waals surface area contributed by atoms with Crippen LogP contribution in [-0.4, -0.2) is 20.6 Å². The summed E-state index contributed by atoms with van der Waals surface area (Å²) in [7, 11) is 0. The third-order valence-corrected chi connectivity index (χ3v) is 2.50. The lowest BCUT2D eigenvalue weighted by molar-refractivity contribution is -0.147. The number of hydrogen-bond donors (Lipinski definition) is 2. The van der Waals surface area contributed by atoms with Crippen molar-refractivity contribution < 1.29 is 9.90 Å². The molecule has 1 rings (SSSR count). The van der Waals surface area contributed by atoms with Gasteiger partial charge in [-0.05, 0) is 13.3 Å². The smallest absolute Gasteiger partial charge is 0.329 e. The fraction of sp³-hybridized carbons (Fsp3) is 0.444. The Morgan fingerprint density at radius 2 is 2.20 bits per heavy atom. The minimum atomic E-state index is -1.33. The zero-order chi connectivity index (χ0) is 11.6. The third kappa shape index (κ3) is 1.83. The van der Waals surface area contributed by atoms with E-state index in [4.69, 9.17) is 5.11 Å². The maximum absolute atomic E-state index is 11.4. The first-order chi connectivity index (χ1) is 6.91. The standard InChI is InChI=1S/C9H12N2O4/c1-3-9(2,7(13)14)11-5-4-6(12)10-8(11)15/h4-5H,3H2,1-2H3,(H,13,14)(H,10,12,15). The molecular weight excluding hydrogens is 200 g/mol. The maximum atomic E-state index is 11.4. The zero-order valence-electron chi connectivity index (χ0n) is 8.48. The van der Waals surface area contributed by atoms with Gasteiger partial charge in [-0.3, -0.25) is 14.3 Å². The van der Waals surface area contributed by atoms with Gasteiger partial charge in [-0.25, -0.2) is 9.59 Å². The summed E-state index contributed by atoms with van der Waals surface area (Å²) >= 11 is 0. The molecule has 0 amide bonds. The second-order valence-corrected chi connectivity index (χ2v) is 3.41. The number of carboxylic acid groups (broad SMARTS) is 1. The highest BCUT2D eigenvalue weighted by atomic mass is 16.4. The van der Waals surface area contributed by atoms with Crippen molar-refractivity contribution in [1.82, 2.24) is 9.55 Å². The number of hydrogen-bond acceptors (Lipinski definition) is 3. The largest absolute Gasteiger partial charge is 0.479 e. The number of nitrogens with zero attached hydrogens (tertiary/aromatic N) is 1. The van der Waals surface area contributed by atoms with E-state index in [-0.39, 0.29) is 6.42 Å². The molecule has 82 valence electrons. The van der Waals surface area contributed by atoms with Gasteiger partial charge in [-0.2, -0.15) is 0 Å². The normalized spacial score (nSPS) is 14.5. The van der Waals surface area contributed by atoms with Crippen LogP contribution in [0.1, 0.15) is 20.3 Å². The lowest BCUT2D eigenvalue weighted by Crippen LogP contribution is -2.46. The van der Waals surface area contributed by atoms with Gasteiger partial charge in [0.15, 0.2) is 0 Å². The molecule has 0 aliphatic carbocycles. The van der Waals surface area contributed by atoms with Crippen LogP contribution in [0.4, 0.5) is 0 Å². The van der Waals surface area contributed by atoms with Crippen LogP contribution >= 0.6 is 0 Å². The Bertz CT molecular complexity index is 487. The van der Waals surface area contributed by atoms with E-state index >= 15 is 0 Å². The van der Waals surface area contributed by atoms with Gasteiger partial charge in [0.25, 0.3) is 5.56 Å². The predicted octanol–water partition coefficient (Wildman–Crippen LogP) is -0.254. The number of carboxylic acids is 1. The molecular formula is C9H12N2O4. The number of aromatic nitrogens is 2. The van der Waals surface area contributed by atoms with E-state index in [0.29, 0.717) is 0 Å². The van der Waals surface area contributed by atoms with Gasteiger partial charge in [-0.1, -0.05) is 6.92 Å². The molecule has 1 atom stereocenters. The van der Waals surface area contributed by atoms with Crippen LogP contribution in [0.3, 0.4) is 0 Å². The Balaban J connectivity index is 3.44. The van der Waals surface area contributed by atoms with E-state index in [9.17, 15) is 14.4 Å². The molecule has 0 saturated heterocycles. The summed E-state index contributed by atoms with van der Waals surface area (Å²) in [5, 5.41) is 9.03. The fourth-order valence-corrected chi connectivity index (χ4v) is 1.23. The minimum Gasteiger partial charge on any atom is -0.479 e. The summed E-state index contributed by atoms with van der Waals surface area (Å²) in [6.45, 7) is 3.08. The van der Waals surface area contributed by atoms with Crippen LogP contribution in [-0.2, 0) is 10.3 Å². The summed E-state index contributed by atoms with van der Waals surface area (Å²) in [6.07, 6.45) is 1.44. The Morgan fingerprint density at radius 1 is 1.60 bits per heavy atom. The van der Waals surface area contributed by atoms with Gasteiger partial charge in [0.1, 0.15) is 5.54 Å². The molecule has 0 saturated carbocycles. The molecule has 0 aliphatic heterocycles. The molecule has 1 heterocycles. The number of aromatic amines is 1. The molecule has 0 aliphatic rings. The lowest BCUT2D eigenvalue weighted by atomic mass is 9.99. The van der Waals surface area contributed by atoms with Crippen LogP contribution < -0.4 is 11.2 Å². The summed E-state index contributed by atoms with van der Waals surface area (Å²) in [4.78, 5) is 35.3. The fourth-order valence-electron chi connectivity index (χ4n) is 1.23. The predicted molar refractivity (Wildman–Crippen MR) is 52.9 cm³/mol. The number of nitrogens with one attached hydrogen (secondary N) is 1. The molecule has 2 N–H and O–H groups in total. The molecule has 0 radical (unpaired) electrons. The van der Waals surface area contributed by atoms with E-state index in [1.165, 1.54) is 13.1 Å². The van der Waals surface area contributed by atoms with Crippen molar-refractivity contribution in [3.05, 3.63) is 33.1 Å². The van der Waals surface area contributed by atoms with Gasteiger partial charge < -0.3 is 5.11 Å². The van der Waals surface area contributed by atoms with Crippen LogP contribution in [0.25, 0.3) is 0 Å². The second-order valence-electron chi connectivity index (χ2n) is 3.41. The molecule has 0 spiro atoms. The van der Waals surface area contributed by atoms with Gasteiger partial charge in [0.2, 0.25) is 0 Å². The van der Waals surface area contributed by atoms with Gasteiger partial charge in [0, 0.05) is 12.3 Å².